The second-order valence-corrected chi connectivity index (χ2v) is 8.45. The minimum Gasteiger partial charge on any atom is -0.355 e. The van der Waals surface area contributed by atoms with Gasteiger partial charge in [-0.2, -0.15) is 0 Å². The van der Waals surface area contributed by atoms with Gasteiger partial charge in [0.05, 0.1) is 26.8 Å². The van der Waals surface area contributed by atoms with Crippen LogP contribution in [0.2, 0.25) is 0 Å². The van der Waals surface area contributed by atoms with Crippen LogP contribution < -0.4 is 10.2 Å². The van der Waals surface area contributed by atoms with Crippen molar-refractivity contribution in [2.45, 2.75) is 26.2 Å². The van der Waals surface area contributed by atoms with E-state index in [1.54, 1.807) is 16.2 Å². The zero-order chi connectivity index (χ0) is 18.8. The van der Waals surface area contributed by atoms with Crippen molar-refractivity contribution in [1.29, 1.82) is 0 Å². The number of rotatable bonds is 6. The van der Waals surface area contributed by atoms with Gasteiger partial charge in [-0.3, -0.25) is 14.5 Å². The maximum atomic E-state index is 12.5. The van der Waals surface area contributed by atoms with Gasteiger partial charge in [-0.25, -0.2) is 9.97 Å². The molecule has 4 rings (SSSR count). The highest BCUT2D eigenvalue weighted by molar-refractivity contribution is 7.22. The molecule has 1 saturated heterocycles. The summed E-state index contributed by atoms with van der Waals surface area (Å²) in [6.45, 7) is 3.01. The normalized spacial score (nSPS) is 17.0. The number of hydrogen-bond acceptors (Lipinski definition) is 6. The number of amides is 2. The molecular weight excluding hydrogens is 380 g/mol. The number of anilines is 1. The summed E-state index contributed by atoms with van der Waals surface area (Å²) in [5, 5.41) is 6.78. The molecule has 3 aromatic rings. The summed E-state index contributed by atoms with van der Waals surface area (Å²) in [7, 11) is 0. The van der Waals surface area contributed by atoms with E-state index in [4.69, 9.17) is 0 Å². The quantitative estimate of drug-likeness (QED) is 0.690. The molecule has 2 amide bonds. The van der Waals surface area contributed by atoms with Crippen molar-refractivity contribution in [2.24, 2.45) is 5.92 Å². The number of benzene rings is 1. The van der Waals surface area contributed by atoms with Crippen molar-refractivity contribution >= 4 is 49.8 Å². The molecule has 0 radical (unpaired) electrons. The zero-order valence-corrected chi connectivity index (χ0v) is 16.6. The first-order chi connectivity index (χ1) is 13.1. The fraction of sp³-hybridized carbons (Fsp3) is 0.368. The minimum absolute atomic E-state index is 0.0405. The average molecular weight is 401 g/mol. The van der Waals surface area contributed by atoms with Crippen LogP contribution >= 0.6 is 22.7 Å². The maximum Gasteiger partial charge on any atom is 0.229 e. The molecule has 2 aromatic heterocycles. The van der Waals surface area contributed by atoms with Crippen molar-refractivity contribution in [3.05, 3.63) is 40.3 Å². The molecule has 3 heterocycles. The number of carbonyl (C=O) groups is 2. The van der Waals surface area contributed by atoms with Crippen LogP contribution in [-0.2, 0) is 22.4 Å². The Hall–Kier alpha value is -2.32. The van der Waals surface area contributed by atoms with Crippen LogP contribution in [-0.4, -0.2) is 34.9 Å². The van der Waals surface area contributed by atoms with Crippen molar-refractivity contribution in [2.75, 3.05) is 18.0 Å². The van der Waals surface area contributed by atoms with E-state index in [1.807, 2.05) is 29.6 Å². The Morgan fingerprint density at radius 1 is 1.33 bits per heavy atom. The first kappa shape index (κ1) is 18.1. The Bertz CT molecular complexity index is 948. The summed E-state index contributed by atoms with van der Waals surface area (Å²) in [5.74, 6) is -0.439. The highest BCUT2D eigenvalue weighted by atomic mass is 32.1. The lowest BCUT2D eigenvalue weighted by atomic mass is 10.1. The third-order valence-corrected chi connectivity index (χ3v) is 6.69. The van der Waals surface area contributed by atoms with Gasteiger partial charge >= 0.3 is 0 Å². The molecular formula is C19H20N4O2S2. The van der Waals surface area contributed by atoms with Crippen LogP contribution in [0.3, 0.4) is 0 Å². The molecule has 8 heteroatoms. The highest BCUT2D eigenvalue weighted by Crippen LogP contribution is 2.32. The number of fused-ring (bicyclic) bond motifs is 1. The summed E-state index contributed by atoms with van der Waals surface area (Å²) in [6, 6.07) is 7.81. The molecule has 0 bridgehead atoms. The Labute approximate surface area is 165 Å². The molecule has 1 fully saturated rings. The van der Waals surface area contributed by atoms with Gasteiger partial charge in [0.1, 0.15) is 0 Å². The topological polar surface area (TPSA) is 75.2 Å². The van der Waals surface area contributed by atoms with Crippen molar-refractivity contribution in [3.63, 3.8) is 0 Å². The molecule has 1 atom stereocenters. The van der Waals surface area contributed by atoms with Gasteiger partial charge in [0.25, 0.3) is 0 Å². The number of aryl methyl sites for hydroxylation is 1. The van der Waals surface area contributed by atoms with Gasteiger partial charge in [-0.1, -0.05) is 30.4 Å². The fourth-order valence-electron chi connectivity index (χ4n) is 3.13. The van der Waals surface area contributed by atoms with Gasteiger partial charge in [-0.15, -0.1) is 11.3 Å². The predicted octanol–water partition coefficient (Wildman–Crippen LogP) is 3.03. The molecule has 27 heavy (non-hydrogen) atoms. The summed E-state index contributed by atoms with van der Waals surface area (Å²) in [6.07, 6.45) is 1.88. The van der Waals surface area contributed by atoms with E-state index in [0.29, 0.717) is 24.6 Å². The fourth-order valence-corrected chi connectivity index (χ4v) is 4.90. The number of nitrogens with one attached hydrogen (secondary N) is 1. The number of aromatic nitrogens is 2. The van der Waals surface area contributed by atoms with Gasteiger partial charge in [-0.05, 0) is 18.6 Å². The number of thiazole rings is 2. The van der Waals surface area contributed by atoms with E-state index < -0.39 is 0 Å². The van der Waals surface area contributed by atoms with E-state index in [9.17, 15) is 9.59 Å². The van der Waals surface area contributed by atoms with Gasteiger partial charge < -0.3 is 5.32 Å². The number of para-hydroxylation sites is 1. The van der Waals surface area contributed by atoms with E-state index in [1.165, 1.54) is 11.3 Å². The van der Waals surface area contributed by atoms with Gasteiger partial charge in [0.2, 0.25) is 11.8 Å². The Morgan fingerprint density at radius 2 is 2.19 bits per heavy atom. The van der Waals surface area contributed by atoms with Crippen LogP contribution in [0, 0.1) is 5.92 Å². The molecule has 1 aromatic carbocycles. The highest BCUT2D eigenvalue weighted by Gasteiger charge is 2.36. The second-order valence-electron chi connectivity index (χ2n) is 6.50. The molecule has 0 spiro atoms. The van der Waals surface area contributed by atoms with Gasteiger partial charge in [0.15, 0.2) is 5.13 Å². The van der Waals surface area contributed by atoms with Gasteiger partial charge in [0, 0.05) is 31.3 Å². The average Bonchev–Trinajstić information content (AvgIpc) is 3.38. The smallest absolute Gasteiger partial charge is 0.229 e. The summed E-state index contributed by atoms with van der Waals surface area (Å²) in [5.41, 5.74) is 1.89. The predicted molar refractivity (Wildman–Crippen MR) is 108 cm³/mol. The van der Waals surface area contributed by atoms with Crippen LogP contribution in [0.4, 0.5) is 5.13 Å². The lowest BCUT2D eigenvalue weighted by Gasteiger charge is -2.13. The Balaban J connectivity index is 1.34. The van der Waals surface area contributed by atoms with Crippen molar-refractivity contribution < 1.29 is 9.59 Å². The number of carbonyl (C=O) groups excluding carboxylic acids is 2. The molecule has 1 aliphatic heterocycles. The number of nitrogens with zero attached hydrogens (tertiary/aromatic N) is 3. The SMILES string of the molecule is CCc1nc(CCNC(=O)C2CC(=O)N(c3nc4ccccc4s3)C2)cs1. The Kier molecular flexibility index (Phi) is 5.18. The molecule has 1 unspecified atom stereocenters. The monoisotopic (exact) mass is 400 g/mol. The maximum absolute atomic E-state index is 12.5. The zero-order valence-electron chi connectivity index (χ0n) is 15.0. The molecule has 140 valence electrons. The molecule has 0 aliphatic carbocycles. The summed E-state index contributed by atoms with van der Waals surface area (Å²) >= 11 is 3.14. The van der Waals surface area contributed by atoms with E-state index in [-0.39, 0.29) is 24.2 Å². The van der Waals surface area contributed by atoms with Crippen LogP contribution in [0.1, 0.15) is 24.0 Å². The van der Waals surface area contributed by atoms with Crippen LogP contribution in [0.25, 0.3) is 10.2 Å². The largest absolute Gasteiger partial charge is 0.355 e. The van der Waals surface area contributed by atoms with Crippen LogP contribution in [0.15, 0.2) is 29.6 Å². The molecule has 6 nitrogen and oxygen atoms in total. The van der Waals surface area contributed by atoms with E-state index in [0.717, 1.165) is 27.3 Å². The first-order valence-electron chi connectivity index (χ1n) is 9.01. The standard InChI is InChI=1S/C19H20N4O2S2/c1-2-16-21-13(11-26-16)7-8-20-18(25)12-9-17(24)23(10-12)19-22-14-5-3-4-6-15(14)27-19/h3-6,11-12H,2,7-10H2,1H3,(H,20,25). The minimum atomic E-state index is -0.328. The second kappa shape index (κ2) is 7.74. The third-order valence-electron chi connectivity index (χ3n) is 4.59. The molecule has 1 aliphatic rings. The van der Waals surface area contributed by atoms with Crippen molar-refractivity contribution in [1.82, 2.24) is 15.3 Å². The number of hydrogen-bond donors (Lipinski definition) is 1. The molecule has 0 saturated carbocycles. The summed E-state index contributed by atoms with van der Waals surface area (Å²) < 4.78 is 1.04. The van der Waals surface area contributed by atoms with E-state index >= 15 is 0 Å². The lowest BCUT2D eigenvalue weighted by Crippen LogP contribution is -2.34. The lowest BCUT2D eigenvalue weighted by molar-refractivity contribution is -0.126. The van der Waals surface area contributed by atoms with Crippen LogP contribution in [0.5, 0.6) is 0 Å². The van der Waals surface area contributed by atoms with E-state index in [2.05, 4.69) is 22.2 Å². The third kappa shape index (κ3) is 3.86. The molecule has 1 N–H and O–H groups in total. The Morgan fingerprint density at radius 3 is 2.96 bits per heavy atom. The first-order valence-corrected chi connectivity index (χ1v) is 10.7. The summed E-state index contributed by atoms with van der Waals surface area (Å²) in [4.78, 5) is 35.6. The van der Waals surface area contributed by atoms with Crippen molar-refractivity contribution in [3.8, 4) is 0 Å².